The van der Waals surface area contributed by atoms with E-state index in [0.29, 0.717) is 23.1 Å². The fourth-order valence-electron chi connectivity index (χ4n) is 2.89. The third kappa shape index (κ3) is 3.42. The van der Waals surface area contributed by atoms with Crippen molar-refractivity contribution in [2.24, 2.45) is 12.1 Å². The summed E-state index contributed by atoms with van der Waals surface area (Å²) in [4.78, 5) is 12.9. The number of aromatic nitrogens is 3. The molecule has 27 heavy (non-hydrogen) atoms. The first-order valence-corrected chi connectivity index (χ1v) is 9.50. The second kappa shape index (κ2) is 7.07. The Morgan fingerprint density at radius 3 is 2.78 bits per heavy atom. The van der Waals surface area contributed by atoms with Gasteiger partial charge in [-0.2, -0.15) is 5.10 Å². The Hall–Kier alpha value is -2.81. The summed E-state index contributed by atoms with van der Waals surface area (Å²) < 4.78 is 13.1. The fraction of sp³-hybridized carbons (Fsp3) is 0.333. The van der Waals surface area contributed by atoms with E-state index in [4.69, 9.17) is 8.83 Å². The highest BCUT2D eigenvalue weighted by molar-refractivity contribution is 7.99. The summed E-state index contributed by atoms with van der Waals surface area (Å²) in [5.74, 6) is 3.06. The summed E-state index contributed by atoms with van der Waals surface area (Å²) in [6.07, 6.45) is 2.14. The van der Waals surface area contributed by atoms with Gasteiger partial charge >= 0.3 is 0 Å². The first kappa shape index (κ1) is 17.6. The predicted molar refractivity (Wildman–Crippen MR) is 99.4 cm³/mol. The molecule has 0 fully saturated rings. The first-order chi connectivity index (χ1) is 13.0. The van der Waals surface area contributed by atoms with Crippen molar-refractivity contribution in [2.75, 3.05) is 5.75 Å². The van der Waals surface area contributed by atoms with Crippen LogP contribution in [-0.4, -0.2) is 37.1 Å². The molecule has 3 aromatic rings. The van der Waals surface area contributed by atoms with Gasteiger partial charge in [-0.3, -0.25) is 4.79 Å². The molecule has 0 radical (unpaired) electrons. The van der Waals surface area contributed by atoms with Crippen LogP contribution in [0.2, 0.25) is 0 Å². The molecule has 4 heterocycles. The van der Waals surface area contributed by atoms with Crippen LogP contribution in [0.5, 0.6) is 0 Å². The lowest BCUT2D eigenvalue weighted by Gasteiger charge is -2.19. The molecular formula is C18H19N5O3S. The maximum atomic E-state index is 12.9. The summed E-state index contributed by atoms with van der Waals surface area (Å²) in [6, 6.07) is 7.14. The van der Waals surface area contributed by atoms with E-state index in [1.807, 2.05) is 49.7 Å². The third-order valence-electron chi connectivity index (χ3n) is 4.44. The van der Waals surface area contributed by atoms with E-state index in [1.165, 1.54) is 16.8 Å². The van der Waals surface area contributed by atoms with Crippen LogP contribution in [0.3, 0.4) is 0 Å². The highest BCUT2D eigenvalue weighted by atomic mass is 32.2. The molecule has 0 aliphatic carbocycles. The van der Waals surface area contributed by atoms with Crippen LogP contribution in [0.15, 0.2) is 49.6 Å². The Labute approximate surface area is 160 Å². The Bertz CT molecular complexity index is 989. The Morgan fingerprint density at radius 2 is 2.15 bits per heavy atom. The predicted octanol–water partition coefficient (Wildman–Crippen LogP) is 3.09. The normalized spacial score (nSPS) is 16.8. The second-order valence-corrected chi connectivity index (χ2v) is 7.25. The number of hydrogen-bond acceptors (Lipinski definition) is 7. The van der Waals surface area contributed by atoms with Crippen LogP contribution >= 0.6 is 11.8 Å². The van der Waals surface area contributed by atoms with Gasteiger partial charge in [-0.15, -0.1) is 10.2 Å². The van der Waals surface area contributed by atoms with Crippen molar-refractivity contribution in [3.8, 4) is 0 Å². The Morgan fingerprint density at radius 1 is 1.30 bits per heavy atom. The van der Waals surface area contributed by atoms with E-state index in [2.05, 4.69) is 15.3 Å². The minimum atomic E-state index is -0.283. The van der Waals surface area contributed by atoms with Gasteiger partial charge in [-0.05, 0) is 38.1 Å². The number of furan rings is 2. The SMILES string of the molecule is Cc1ccc(C2=NN(C(=O)CSc3nnc(C)n3C)[C@@H](c3ccco3)C2)o1. The van der Waals surface area contributed by atoms with Gasteiger partial charge in [0.2, 0.25) is 0 Å². The van der Waals surface area contributed by atoms with Crippen molar-refractivity contribution in [1.29, 1.82) is 0 Å². The fourth-order valence-corrected chi connectivity index (χ4v) is 3.70. The molecule has 1 aliphatic rings. The highest BCUT2D eigenvalue weighted by Gasteiger charge is 2.35. The van der Waals surface area contributed by atoms with Crippen LogP contribution in [-0.2, 0) is 11.8 Å². The molecule has 4 rings (SSSR count). The Balaban J connectivity index is 1.55. The van der Waals surface area contributed by atoms with Crippen molar-refractivity contribution in [3.05, 3.63) is 53.6 Å². The zero-order valence-electron chi connectivity index (χ0n) is 15.2. The molecular weight excluding hydrogens is 366 g/mol. The first-order valence-electron chi connectivity index (χ1n) is 8.51. The average molecular weight is 385 g/mol. The number of carbonyl (C=O) groups excluding carboxylic acids is 1. The number of thioether (sulfide) groups is 1. The van der Waals surface area contributed by atoms with E-state index >= 15 is 0 Å². The molecule has 0 N–H and O–H groups in total. The van der Waals surface area contributed by atoms with E-state index in [-0.39, 0.29) is 17.7 Å². The van der Waals surface area contributed by atoms with E-state index < -0.39 is 0 Å². The van der Waals surface area contributed by atoms with Gasteiger partial charge in [0, 0.05) is 13.5 Å². The number of rotatable bonds is 5. The summed E-state index contributed by atoms with van der Waals surface area (Å²) in [7, 11) is 1.87. The van der Waals surface area contributed by atoms with Crippen LogP contribution < -0.4 is 0 Å². The summed E-state index contributed by atoms with van der Waals surface area (Å²) >= 11 is 1.34. The van der Waals surface area contributed by atoms with Gasteiger partial charge in [0.1, 0.15) is 34.9 Å². The van der Waals surface area contributed by atoms with Gasteiger partial charge < -0.3 is 13.4 Å². The van der Waals surface area contributed by atoms with Gasteiger partial charge in [0.25, 0.3) is 5.91 Å². The number of amides is 1. The van der Waals surface area contributed by atoms with Crippen LogP contribution in [0.25, 0.3) is 0 Å². The number of aryl methyl sites for hydroxylation is 2. The molecule has 0 unspecified atom stereocenters. The number of nitrogens with zero attached hydrogens (tertiary/aromatic N) is 5. The van der Waals surface area contributed by atoms with Crippen molar-refractivity contribution in [3.63, 3.8) is 0 Å². The molecule has 0 aromatic carbocycles. The van der Waals surface area contributed by atoms with Gasteiger partial charge in [0.15, 0.2) is 5.16 Å². The van der Waals surface area contributed by atoms with Gasteiger partial charge in [-0.25, -0.2) is 5.01 Å². The largest absolute Gasteiger partial charge is 0.467 e. The zero-order chi connectivity index (χ0) is 19.0. The van der Waals surface area contributed by atoms with Gasteiger partial charge in [-0.1, -0.05) is 11.8 Å². The van der Waals surface area contributed by atoms with E-state index in [9.17, 15) is 4.79 Å². The summed E-state index contributed by atoms with van der Waals surface area (Å²) in [5, 5.41) is 14.8. The molecule has 140 valence electrons. The molecule has 0 saturated heterocycles. The molecule has 1 aliphatic heterocycles. The molecule has 3 aromatic heterocycles. The molecule has 8 nitrogen and oxygen atoms in total. The summed E-state index contributed by atoms with van der Waals surface area (Å²) in [6.45, 7) is 3.75. The van der Waals surface area contributed by atoms with Crippen molar-refractivity contribution >= 4 is 23.4 Å². The van der Waals surface area contributed by atoms with Crippen LogP contribution in [0.4, 0.5) is 0 Å². The average Bonchev–Trinajstić information content (AvgIpc) is 3.42. The minimum Gasteiger partial charge on any atom is -0.467 e. The quantitative estimate of drug-likeness (QED) is 0.627. The maximum Gasteiger partial charge on any atom is 0.253 e. The van der Waals surface area contributed by atoms with Gasteiger partial charge in [0.05, 0.1) is 12.0 Å². The summed E-state index contributed by atoms with van der Waals surface area (Å²) in [5.41, 5.74) is 0.734. The molecule has 0 bridgehead atoms. The highest BCUT2D eigenvalue weighted by Crippen LogP contribution is 2.34. The van der Waals surface area contributed by atoms with Crippen molar-refractivity contribution in [1.82, 2.24) is 19.8 Å². The van der Waals surface area contributed by atoms with Crippen LogP contribution in [0, 0.1) is 13.8 Å². The van der Waals surface area contributed by atoms with Crippen LogP contribution in [0.1, 0.15) is 35.6 Å². The lowest BCUT2D eigenvalue weighted by atomic mass is 10.1. The van der Waals surface area contributed by atoms with E-state index in [0.717, 1.165) is 17.3 Å². The number of hydrazone groups is 1. The van der Waals surface area contributed by atoms with Crippen molar-refractivity contribution < 1.29 is 13.6 Å². The number of hydrogen-bond donors (Lipinski definition) is 0. The lowest BCUT2D eigenvalue weighted by Crippen LogP contribution is -2.28. The monoisotopic (exact) mass is 385 g/mol. The van der Waals surface area contributed by atoms with Crippen molar-refractivity contribution in [2.45, 2.75) is 31.5 Å². The molecule has 1 amide bonds. The topological polar surface area (TPSA) is 89.7 Å². The molecule has 1 atom stereocenters. The smallest absolute Gasteiger partial charge is 0.253 e. The Kier molecular flexibility index (Phi) is 4.61. The molecule has 0 saturated carbocycles. The zero-order valence-corrected chi connectivity index (χ0v) is 16.1. The number of carbonyl (C=O) groups is 1. The van der Waals surface area contributed by atoms with E-state index in [1.54, 1.807) is 6.26 Å². The maximum absolute atomic E-state index is 12.9. The third-order valence-corrected chi connectivity index (χ3v) is 5.44. The second-order valence-electron chi connectivity index (χ2n) is 6.31. The molecule has 9 heteroatoms. The lowest BCUT2D eigenvalue weighted by molar-refractivity contribution is -0.130. The standard InChI is InChI=1S/C18H19N5O3S/c1-11-6-7-15(26-11)13-9-14(16-5-4-8-25-16)23(21-13)17(24)10-27-18-20-19-12(2)22(18)3/h4-8,14H,9-10H2,1-3H3/t14-/m1/s1. The molecule has 0 spiro atoms. The minimum absolute atomic E-state index is 0.125.